The molecule has 1 rings (SSSR count). The quantitative estimate of drug-likeness (QED) is 0.431. The highest BCUT2D eigenvalue weighted by molar-refractivity contribution is 5.74. The normalized spacial score (nSPS) is 21.1. The Morgan fingerprint density at radius 1 is 1.78 bits per heavy atom. The first-order valence-corrected chi connectivity index (χ1v) is 3.08. The average molecular weight is 130 g/mol. The number of ether oxygens (including phenoxy) is 1. The SMILES string of the molecule is C[C@H](O)OC(=O)C1CC1. The molecule has 1 fully saturated rings. The maximum absolute atomic E-state index is 10.6. The third-order valence-electron chi connectivity index (χ3n) is 1.20. The summed E-state index contributed by atoms with van der Waals surface area (Å²) in [5.74, 6) is -0.176. The van der Waals surface area contributed by atoms with Gasteiger partial charge in [-0.25, -0.2) is 0 Å². The molecular weight excluding hydrogens is 120 g/mol. The van der Waals surface area contributed by atoms with Gasteiger partial charge in [-0.1, -0.05) is 0 Å². The molecule has 0 saturated heterocycles. The number of aliphatic hydroxyl groups excluding tert-OH is 1. The van der Waals surface area contributed by atoms with Gasteiger partial charge in [0, 0.05) is 0 Å². The zero-order chi connectivity index (χ0) is 6.85. The monoisotopic (exact) mass is 130 g/mol. The van der Waals surface area contributed by atoms with E-state index >= 15 is 0 Å². The first kappa shape index (κ1) is 6.55. The largest absolute Gasteiger partial charge is 0.436 e. The van der Waals surface area contributed by atoms with Crippen LogP contribution in [0.3, 0.4) is 0 Å². The summed E-state index contributed by atoms with van der Waals surface area (Å²) in [5.41, 5.74) is 0. The van der Waals surface area contributed by atoms with Gasteiger partial charge in [0.05, 0.1) is 5.92 Å². The lowest BCUT2D eigenvalue weighted by Crippen LogP contribution is -2.14. The number of esters is 1. The fourth-order valence-corrected chi connectivity index (χ4v) is 0.583. The highest BCUT2D eigenvalue weighted by Crippen LogP contribution is 2.30. The fourth-order valence-electron chi connectivity index (χ4n) is 0.583. The molecule has 0 aromatic rings. The van der Waals surface area contributed by atoms with E-state index in [1.54, 1.807) is 0 Å². The summed E-state index contributed by atoms with van der Waals surface area (Å²) in [4.78, 5) is 10.6. The van der Waals surface area contributed by atoms with E-state index in [9.17, 15) is 4.79 Å². The van der Waals surface area contributed by atoms with E-state index in [0.29, 0.717) is 0 Å². The number of rotatable bonds is 2. The zero-order valence-corrected chi connectivity index (χ0v) is 5.33. The van der Waals surface area contributed by atoms with Crippen LogP contribution < -0.4 is 0 Å². The van der Waals surface area contributed by atoms with Crippen LogP contribution in [0.5, 0.6) is 0 Å². The third-order valence-corrected chi connectivity index (χ3v) is 1.20. The molecule has 9 heavy (non-hydrogen) atoms. The van der Waals surface area contributed by atoms with Gasteiger partial charge in [-0.15, -0.1) is 0 Å². The number of hydrogen-bond donors (Lipinski definition) is 1. The second-order valence-electron chi connectivity index (χ2n) is 2.31. The minimum atomic E-state index is -0.946. The van der Waals surface area contributed by atoms with Crippen LogP contribution >= 0.6 is 0 Å². The predicted molar refractivity (Wildman–Crippen MR) is 30.5 cm³/mol. The van der Waals surface area contributed by atoms with Crippen molar-refractivity contribution in [3.8, 4) is 0 Å². The summed E-state index contributed by atoms with van der Waals surface area (Å²) in [6.07, 6.45) is 0.898. The van der Waals surface area contributed by atoms with Gasteiger partial charge in [0.15, 0.2) is 6.29 Å². The Hall–Kier alpha value is -0.570. The van der Waals surface area contributed by atoms with Crippen molar-refractivity contribution in [2.75, 3.05) is 0 Å². The first-order valence-electron chi connectivity index (χ1n) is 3.08. The molecule has 1 atom stereocenters. The van der Waals surface area contributed by atoms with Crippen molar-refractivity contribution in [1.82, 2.24) is 0 Å². The van der Waals surface area contributed by atoms with E-state index in [0.717, 1.165) is 12.8 Å². The van der Waals surface area contributed by atoms with E-state index in [4.69, 9.17) is 5.11 Å². The molecule has 0 bridgehead atoms. The van der Waals surface area contributed by atoms with Crippen LogP contribution in [0.15, 0.2) is 0 Å². The zero-order valence-electron chi connectivity index (χ0n) is 5.33. The summed E-state index contributed by atoms with van der Waals surface area (Å²) in [6, 6.07) is 0. The maximum atomic E-state index is 10.6. The number of aliphatic hydroxyl groups is 1. The lowest BCUT2D eigenvalue weighted by molar-refractivity contribution is -0.166. The summed E-state index contributed by atoms with van der Waals surface area (Å²) >= 11 is 0. The molecule has 52 valence electrons. The fraction of sp³-hybridized carbons (Fsp3) is 0.833. The molecule has 0 heterocycles. The number of carbonyl (C=O) groups excluding carboxylic acids is 1. The van der Waals surface area contributed by atoms with E-state index in [-0.39, 0.29) is 11.9 Å². The molecule has 0 aromatic carbocycles. The summed E-state index contributed by atoms with van der Waals surface area (Å²) < 4.78 is 4.49. The van der Waals surface area contributed by atoms with Crippen molar-refractivity contribution in [1.29, 1.82) is 0 Å². The van der Waals surface area contributed by atoms with Gasteiger partial charge >= 0.3 is 5.97 Å². The summed E-state index contributed by atoms with van der Waals surface area (Å²) in [6.45, 7) is 1.43. The molecule has 1 aliphatic rings. The molecule has 1 aliphatic carbocycles. The maximum Gasteiger partial charge on any atom is 0.311 e. The molecule has 0 unspecified atom stereocenters. The number of carbonyl (C=O) groups is 1. The molecule has 0 aliphatic heterocycles. The molecular formula is C6H10O3. The Morgan fingerprint density at radius 2 is 2.33 bits per heavy atom. The van der Waals surface area contributed by atoms with E-state index in [2.05, 4.69) is 4.74 Å². The molecule has 0 spiro atoms. The van der Waals surface area contributed by atoms with Crippen molar-refractivity contribution in [2.45, 2.75) is 26.1 Å². The van der Waals surface area contributed by atoms with Crippen LogP contribution in [0.4, 0.5) is 0 Å². The summed E-state index contributed by atoms with van der Waals surface area (Å²) in [5, 5.41) is 8.56. The van der Waals surface area contributed by atoms with Crippen LogP contribution in [0.1, 0.15) is 19.8 Å². The van der Waals surface area contributed by atoms with Crippen molar-refractivity contribution < 1.29 is 14.6 Å². The Bertz CT molecular complexity index is 115. The van der Waals surface area contributed by atoms with Crippen LogP contribution in [0, 0.1) is 5.92 Å². The molecule has 3 nitrogen and oxygen atoms in total. The van der Waals surface area contributed by atoms with Crippen molar-refractivity contribution >= 4 is 5.97 Å². The van der Waals surface area contributed by atoms with Crippen LogP contribution in [-0.4, -0.2) is 17.4 Å². The molecule has 0 radical (unpaired) electrons. The summed E-state index contributed by atoms with van der Waals surface area (Å²) in [7, 11) is 0. The molecule has 0 amide bonds. The molecule has 3 heteroatoms. The van der Waals surface area contributed by atoms with E-state index < -0.39 is 6.29 Å². The van der Waals surface area contributed by atoms with Gasteiger partial charge < -0.3 is 9.84 Å². The van der Waals surface area contributed by atoms with E-state index in [1.807, 2.05) is 0 Å². The van der Waals surface area contributed by atoms with Gasteiger partial charge in [-0.3, -0.25) is 4.79 Å². The Kier molecular flexibility index (Phi) is 1.71. The van der Waals surface area contributed by atoms with Gasteiger partial charge in [0.1, 0.15) is 0 Å². The second-order valence-corrected chi connectivity index (χ2v) is 2.31. The third kappa shape index (κ3) is 2.01. The average Bonchev–Trinajstić information content (AvgIpc) is 2.40. The highest BCUT2D eigenvalue weighted by atomic mass is 16.6. The van der Waals surface area contributed by atoms with Crippen molar-refractivity contribution in [3.63, 3.8) is 0 Å². The minimum absolute atomic E-state index is 0.0830. The van der Waals surface area contributed by atoms with Crippen LogP contribution in [0.25, 0.3) is 0 Å². The van der Waals surface area contributed by atoms with Gasteiger partial charge in [0.2, 0.25) is 0 Å². The Morgan fingerprint density at radius 3 is 2.67 bits per heavy atom. The van der Waals surface area contributed by atoms with E-state index in [1.165, 1.54) is 6.92 Å². The lowest BCUT2D eigenvalue weighted by atomic mass is 10.4. The van der Waals surface area contributed by atoms with Crippen LogP contribution in [-0.2, 0) is 9.53 Å². The van der Waals surface area contributed by atoms with Gasteiger partial charge in [-0.2, -0.15) is 0 Å². The Labute approximate surface area is 53.6 Å². The smallest absolute Gasteiger partial charge is 0.311 e. The lowest BCUT2D eigenvalue weighted by Gasteiger charge is -2.04. The van der Waals surface area contributed by atoms with Gasteiger partial charge in [-0.05, 0) is 19.8 Å². The van der Waals surface area contributed by atoms with Gasteiger partial charge in [0.25, 0.3) is 0 Å². The highest BCUT2D eigenvalue weighted by Gasteiger charge is 2.31. The van der Waals surface area contributed by atoms with Crippen LogP contribution in [0.2, 0.25) is 0 Å². The topological polar surface area (TPSA) is 46.5 Å². The standard InChI is InChI=1S/C6H10O3/c1-4(7)9-6(8)5-2-3-5/h4-5,7H,2-3H2,1H3/t4-/m1/s1. The van der Waals surface area contributed by atoms with Crippen molar-refractivity contribution in [2.24, 2.45) is 5.92 Å². The second kappa shape index (κ2) is 2.35. The first-order chi connectivity index (χ1) is 4.20. The molecule has 1 N–H and O–H groups in total. The number of hydrogen-bond acceptors (Lipinski definition) is 3. The molecule has 1 saturated carbocycles. The molecule has 0 aromatic heterocycles. The van der Waals surface area contributed by atoms with Crippen molar-refractivity contribution in [3.05, 3.63) is 0 Å². The minimum Gasteiger partial charge on any atom is -0.436 e. The Balaban J connectivity index is 2.18. The predicted octanol–water partition coefficient (Wildman–Crippen LogP) is 0.278.